The minimum atomic E-state index is -1.04. The summed E-state index contributed by atoms with van der Waals surface area (Å²) in [5, 5.41) is 0. The second-order valence-corrected chi connectivity index (χ2v) is 6.66. The number of cyclic esters (lactones) is 1. The SMILES string of the molecule is NCc1cccc(-c2cccc(Oc3nc(OC4CCOC4=O)c(F)cc3F)c2)c1. The van der Waals surface area contributed by atoms with E-state index in [-0.39, 0.29) is 13.0 Å². The Bertz CT molecular complexity index is 1090. The van der Waals surface area contributed by atoms with Gasteiger partial charge < -0.3 is 19.9 Å². The average molecular weight is 412 g/mol. The lowest BCUT2D eigenvalue weighted by molar-refractivity contribution is -0.143. The van der Waals surface area contributed by atoms with Crippen molar-refractivity contribution in [2.45, 2.75) is 19.1 Å². The van der Waals surface area contributed by atoms with Crippen molar-refractivity contribution in [3.05, 3.63) is 71.8 Å². The average Bonchev–Trinajstić information content (AvgIpc) is 3.16. The number of nitrogens with zero attached hydrogens (tertiary/aromatic N) is 1. The zero-order chi connectivity index (χ0) is 21.1. The van der Waals surface area contributed by atoms with Crippen LogP contribution in [0.4, 0.5) is 8.78 Å². The minimum absolute atomic E-state index is 0.174. The predicted molar refractivity (Wildman–Crippen MR) is 104 cm³/mol. The lowest BCUT2D eigenvalue weighted by Crippen LogP contribution is -2.23. The van der Waals surface area contributed by atoms with Gasteiger partial charge in [-0.15, -0.1) is 0 Å². The van der Waals surface area contributed by atoms with E-state index in [9.17, 15) is 13.6 Å². The van der Waals surface area contributed by atoms with Crippen molar-refractivity contribution >= 4 is 5.97 Å². The highest BCUT2D eigenvalue weighted by molar-refractivity contribution is 5.76. The summed E-state index contributed by atoms with van der Waals surface area (Å²) in [4.78, 5) is 15.3. The molecule has 2 heterocycles. The maximum absolute atomic E-state index is 14.2. The van der Waals surface area contributed by atoms with Crippen LogP contribution < -0.4 is 15.2 Å². The molecular weight excluding hydrogens is 394 g/mol. The van der Waals surface area contributed by atoms with Crippen LogP contribution in [0.15, 0.2) is 54.6 Å². The van der Waals surface area contributed by atoms with Crippen molar-refractivity contribution in [3.8, 4) is 28.6 Å². The van der Waals surface area contributed by atoms with Crippen LogP contribution in [-0.4, -0.2) is 23.7 Å². The fraction of sp³-hybridized carbons (Fsp3) is 0.182. The molecule has 1 aliphatic rings. The number of benzene rings is 2. The van der Waals surface area contributed by atoms with Gasteiger partial charge in [-0.2, -0.15) is 4.98 Å². The molecule has 154 valence electrons. The number of hydrogen-bond acceptors (Lipinski definition) is 6. The molecule has 1 aliphatic heterocycles. The number of halogens is 2. The zero-order valence-electron chi connectivity index (χ0n) is 15.8. The van der Waals surface area contributed by atoms with Gasteiger partial charge in [0.1, 0.15) is 5.75 Å². The molecule has 1 saturated heterocycles. The molecule has 0 spiro atoms. The fourth-order valence-corrected chi connectivity index (χ4v) is 3.04. The molecule has 2 N–H and O–H groups in total. The third kappa shape index (κ3) is 4.23. The number of esters is 1. The van der Waals surface area contributed by atoms with Crippen molar-refractivity contribution in [1.29, 1.82) is 0 Å². The van der Waals surface area contributed by atoms with Crippen molar-refractivity contribution in [2.24, 2.45) is 5.73 Å². The van der Waals surface area contributed by atoms with Crippen LogP contribution in [0.5, 0.6) is 17.5 Å². The number of carbonyl (C=O) groups is 1. The quantitative estimate of drug-likeness (QED) is 0.617. The Hall–Kier alpha value is -3.52. The highest BCUT2D eigenvalue weighted by Crippen LogP contribution is 2.31. The van der Waals surface area contributed by atoms with E-state index in [1.165, 1.54) is 0 Å². The van der Waals surface area contributed by atoms with Crippen LogP contribution in [0.2, 0.25) is 0 Å². The van der Waals surface area contributed by atoms with Crippen LogP contribution in [0.1, 0.15) is 12.0 Å². The van der Waals surface area contributed by atoms with Crippen molar-refractivity contribution in [2.75, 3.05) is 6.61 Å². The van der Waals surface area contributed by atoms with E-state index >= 15 is 0 Å². The van der Waals surface area contributed by atoms with E-state index in [2.05, 4.69) is 4.98 Å². The molecule has 1 aromatic heterocycles. The van der Waals surface area contributed by atoms with E-state index < -0.39 is 35.5 Å². The molecule has 0 radical (unpaired) electrons. The molecule has 1 atom stereocenters. The first-order valence-electron chi connectivity index (χ1n) is 9.30. The molecule has 0 saturated carbocycles. The number of hydrogen-bond donors (Lipinski definition) is 1. The topological polar surface area (TPSA) is 83.7 Å². The maximum atomic E-state index is 14.2. The Kier molecular flexibility index (Phi) is 5.58. The standard InChI is InChI=1S/C22H18F2N2O4/c23-17-11-18(24)21(30-19-7-8-28-22(19)27)26-20(17)29-16-6-2-5-15(10-16)14-4-1-3-13(9-14)12-25/h1-6,9-11,19H,7-8,12,25H2. The molecule has 0 bridgehead atoms. The van der Waals surface area contributed by atoms with Gasteiger partial charge in [0.05, 0.1) is 6.61 Å². The Morgan fingerprint density at radius 3 is 2.50 bits per heavy atom. The van der Waals surface area contributed by atoms with E-state index in [1.807, 2.05) is 30.3 Å². The summed E-state index contributed by atoms with van der Waals surface area (Å²) in [6.45, 7) is 0.583. The molecule has 3 aromatic rings. The van der Waals surface area contributed by atoms with Crippen molar-refractivity contribution < 1.29 is 27.8 Å². The normalized spacial score (nSPS) is 15.7. The van der Waals surface area contributed by atoms with Gasteiger partial charge in [0.2, 0.25) is 6.10 Å². The first kappa shape index (κ1) is 19.8. The molecule has 4 rings (SSSR count). The van der Waals surface area contributed by atoms with Gasteiger partial charge in [0, 0.05) is 19.0 Å². The molecule has 8 heteroatoms. The lowest BCUT2D eigenvalue weighted by atomic mass is 10.0. The first-order chi connectivity index (χ1) is 14.5. The number of carbonyl (C=O) groups excluding carboxylic acids is 1. The Labute approximate surface area is 171 Å². The summed E-state index contributed by atoms with van der Waals surface area (Å²) in [6.07, 6.45) is -0.722. The number of ether oxygens (including phenoxy) is 3. The Morgan fingerprint density at radius 2 is 1.77 bits per heavy atom. The summed E-state index contributed by atoms with van der Waals surface area (Å²) in [7, 11) is 0. The van der Waals surface area contributed by atoms with Crippen LogP contribution in [0, 0.1) is 11.6 Å². The molecule has 30 heavy (non-hydrogen) atoms. The summed E-state index contributed by atoms with van der Waals surface area (Å²) in [6, 6.07) is 15.2. The van der Waals surface area contributed by atoms with Gasteiger partial charge in [-0.3, -0.25) is 0 Å². The lowest BCUT2D eigenvalue weighted by Gasteiger charge is -2.13. The Morgan fingerprint density at radius 1 is 1.03 bits per heavy atom. The molecule has 2 aromatic carbocycles. The van der Waals surface area contributed by atoms with Gasteiger partial charge in [0.25, 0.3) is 11.8 Å². The molecule has 1 unspecified atom stereocenters. The minimum Gasteiger partial charge on any atom is -0.463 e. The van der Waals surface area contributed by atoms with Crippen LogP contribution in [0.3, 0.4) is 0 Å². The third-order valence-corrected chi connectivity index (χ3v) is 4.55. The van der Waals surface area contributed by atoms with Crippen molar-refractivity contribution in [1.82, 2.24) is 4.98 Å². The summed E-state index contributed by atoms with van der Waals surface area (Å²) >= 11 is 0. The van der Waals surface area contributed by atoms with Crippen LogP contribution in [0.25, 0.3) is 11.1 Å². The predicted octanol–water partition coefficient (Wildman–Crippen LogP) is 3.97. The largest absolute Gasteiger partial charge is 0.463 e. The van der Waals surface area contributed by atoms with Gasteiger partial charge in [0.15, 0.2) is 11.6 Å². The molecule has 0 amide bonds. The number of rotatable bonds is 6. The maximum Gasteiger partial charge on any atom is 0.347 e. The van der Waals surface area contributed by atoms with Crippen LogP contribution in [-0.2, 0) is 16.1 Å². The van der Waals surface area contributed by atoms with Crippen molar-refractivity contribution in [3.63, 3.8) is 0 Å². The van der Waals surface area contributed by atoms with E-state index in [0.717, 1.165) is 16.7 Å². The molecule has 0 aliphatic carbocycles. The fourth-order valence-electron chi connectivity index (χ4n) is 3.04. The zero-order valence-corrected chi connectivity index (χ0v) is 15.8. The highest BCUT2D eigenvalue weighted by Gasteiger charge is 2.30. The first-order valence-corrected chi connectivity index (χ1v) is 9.30. The van der Waals surface area contributed by atoms with Gasteiger partial charge in [-0.25, -0.2) is 13.6 Å². The summed E-state index contributed by atoms with van der Waals surface area (Å²) in [5.74, 6) is -3.34. The van der Waals surface area contributed by atoms with Gasteiger partial charge in [-0.05, 0) is 34.9 Å². The number of nitrogens with two attached hydrogens (primary N) is 1. The monoisotopic (exact) mass is 412 g/mol. The van der Waals surface area contributed by atoms with E-state index in [0.29, 0.717) is 18.4 Å². The van der Waals surface area contributed by atoms with Gasteiger partial charge >= 0.3 is 5.97 Å². The molecular formula is C22H18F2N2O4. The Balaban J connectivity index is 1.59. The number of pyridine rings is 1. The summed E-state index contributed by atoms with van der Waals surface area (Å²) in [5.41, 5.74) is 8.41. The highest BCUT2D eigenvalue weighted by atomic mass is 19.1. The van der Waals surface area contributed by atoms with Crippen LogP contribution >= 0.6 is 0 Å². The van der Waals surface area contributed by atoms with Gasteiger partial charge in [-0.1, -0.05) is 30.3 Å². The molecule has 6 nitrogen and oxygen atoms in total. The number of aromatic nitrogens is 1. The molecule has 1 fully saturated rings. The second kappa shape index (κ2) is 8.46. The third-order valence-electron chi connectivity index (χ3n) is 4.55. The second-order valence-electron chi connectivity index (χ2n) is 6.66. The van der Waals surface area contributed by atoms with E-state index in [1.54, 1.807) is 18.2 Å². The smallest absolute Gasteiger partial charge is 0.347 e. The van der Waals surface area contributed by atoms with E-state index in [4.69, 9.17) is 19.9 Å². The summed E-state index contributed by atoms with van der Waals surface area (Å²) < 4.78 is 43.9.